The van der Waals surface area contributed by atoms with Crippen LogP contribution in [-0.4, -0.2) is 27.2 Å². The highest BCUT2D eigenvalue weighted by atomic mass is 19.4. The van der Waals surface area contributed by atoms with Crippen LogP contribution >= 0.6 is 0 Å². The number of amides is 1. The molecule has 10 heteroatoms. The molecule has 0 fully saturated rings. The van der Waals surface area contributed by atoms with Gasteiger partial charge in [-0.05, 0) is 30.2 Å². The van der Waals surface area contributed by atoms with E-state index in [0.29, 0.717) is 12.5 Å². The lowest BCUT2D eigenvalue weighted by Crippen LogP contribution is -2.39. The molecule has 3 aromatic rings. The molecule has 0 saturated heterocycles. The standard InChI is InChI=1S/C22H16F5N3O2/c1-21(32,22(25,26)27)12-7-5-11(6-8-12)9-15-18-16(10-28-20(18)31)30-19(29-15)17-13(23)3-2-4-14(17)24/h2-8,32H,9-10H2,1H3,(H,28,31)/t21-/m0/s1. The molecule has 2 N–H and O–H groups in total. The summed E-state index contributed by atoms with van der Waals surface area (Å²) in [5, 5.41) is 12.4. The first-order chi connectivity index (χ1) is 15.0. The molecular weight excluding hydrogens is 433 g/mol. The Bertz CT molecular complexity index is 1190. The van der Waals surface area contributed by atoms with E-state index in [2.05, 4.69) is 15.3 Å². The second-order valence-electron chi connectivity index (χ2n) is 7.54. The van der Waals surface area contributed by atoms with E-state index in [-0.39, 0.29) is 41.3 Å². The summed E-state index contributed by atoms with van der Waals surface area (Å²) in [6.45, 7) is 0.707. The number of aliphatic hydroxyl groups is 1. The molecule has 166 valence electrons. The number of aromatic nitrogens is 2. The first-order valence-corrected chi connectivity index (χ1v) is 9.50. The molecule has 1 aliphatic rings. The van der Waals surface area contributed by atoms with Crippen LogP contribution in [0.1, 0.15) is 39.8 Å². The summed E-state index contributed by atoms with van der Waals surface area (Å²) < 4.78 is 67.7. The van der Waals surface area contributed by atoms with Crippen molar-refractivity contribution >= 4 is 5.91 Å². The van der Waals surface area contributed by atoms with E-state index in [1.54, 1.807) is 0 Å². The summed E-state index contributed by atoms with van der Waals surface area (Å²) in [7, 11) is 0. The molecule has 0 aliphatic carbocycles. The number of alkyl halides is 3. The van der Waals surface area contributed by atoms with Crippen LogP contribution in [0.25, 0.3) is 11.4 Å². The molecule has 1 atom stereocenters. The van der Waals surface area contributed by atoms with Gasteiger partial charge in [0, 0.05) is 6.42 Å². The fourth-order valence-corrected chi connectivity index (χ4v) is 3.46. The van der Waals surface area contributed by atoms with Crippen molar-refractivity contribution in [1.82, 2.24) is 15.3 Å². The first kappa shape index (κ1) is 21.8. The van der Waals surface area contributed by atoms with Gasteiger partial charge in [0.1, 0.15) is 11.6 Å². The van der Waals surface area contributed by atoms with Gasteiger partial charge in [0.2, 0.25) is 0 Å². The second kappa shape index (κ2) is 7.63. The average Bonchev–Trinajstić information content (AvgIpc) is 3.08. The van der Waals surface area contributed by atoms with Gasteiger partial charge in [-0.25, -0.2) is 18.7 Å². The number of nitrogens with one attached hydrogen (secondary N) is 1. The van der Waals surface area contributed by atoms with Gasteiger partial charge >= 0.3 is 6.18 Å². The molecule has 1 aliphatic heterocycles. The molecule has 2 aromatic carbocycles. The molecule has 1 amide bonds. The number of benzene rings is 2. The third-order valence-corrected chi connectivity index (χ3v) is 5.33. The number of hydrogen-bond acceptors (Lipinski definition) is 4. The minimum Gasteiger partial charge on any atom is -0.376 e. The summed E-state index contributed by atoms with van der Waals surface area (Å²) in [6, 6.07) is 8.29. The van der Waals surface area contributed by atoms with Crippen molar-refractivity contribution in [1.29, 1.82) is 0 Å². The summed E-state index contributed by atoms with van der Waals surface area (Å²) in [5.41, 5.74) is -2.73. The monoisotopic (exact) mass is 449 g/mol. The molecule has 0 spiro atoms. The molecule has 1 aromatic heterocycles. The fourth-order valence-electron chi connectivity index (χ4n) is 3.46. The molecule has 32 heavy (non-hydrogen) atoms. The number of carbonyl (C=O) groups is 1. The number of halogens is 5. The van der Waals surface area contributed by atoms with E-state index in [0.717, 1.165) is 24.3 Å². The second-order valence-corrected chi connectivity index (χ2v) is 7.54. The summed E-state index contributed by atoms with van der Waals surface area (Å²) in [4.78, 5) is 20.6. The van der Waals surface area contributed by atoms with Crippen molar-refractivity contribution in [3.8, 4) is 11.4 Å². The van der Waals surface area contributed by atoms with Gasteiger partial charge < -0.3 is 10.4 Å². The minimum absolute atomic E-state index is 0.00418. The SMILES string of the molecule is C[C@](O)(c1ccc(Cc2nc(-c3c(F)cccc3F)nc3c2C(=O)NC3)cc1)C(F)(F)F. The van der Waals surface area contributed by atoms with Crippen LogP contribution in [0.3, 0.4) is 0 Å². The van der Waals surface area contributed by atoms with Crippen LogP contribution < -0.4 is 5.32 Å². The Kier molecular flexibility index (Phi) is 5.20. The van der Waals surface area contributed by atoms with E-state index in [4.69, 9.17) is 0 Å². The maximum atomic E-state index is 14.3. The van der Waals surface area contributed by atoms with Crippen LogP contribution in [-0.2, 0) is 18.6 Å². The van der Waals surface area contributed by atoms with Gasteiger partial charge in [0.25, 0.3) is 5.91 Å². The largest absolute Gasteiger partial charge is 0.421 e. The van der Waals surface area contributed by atoms with Gasteiger partial charge in [-0.3, -0.25) is 4.79 Å². The lowest BCUT2D eigenvalue weighted by molar-refractivity contribution is -0.258. The third-order valence-electron chi connectivity index (χ3n) is 5.33. The fraction of sp³-hybridized carbons (Fsp3) is 0.227. The topological polar surface area (TPSA) is 75.1 Å². The number of hydrogen-bond donors (Lipinski definition) is 2. The Morgan fingerprint density at radius 2 is 1.62 bits per heavy atom. The highest BCUT2D eigenvalue weighted by Gasteiger charge is 2.51. The normalized spacial score (nSPS) is 15.3. The molecule has 0 bridgehead atoms. The minimum atomic E-state index is -4.86. The first-order valence-electron chi connectivity index (χ1n) is 9.50. The Morgan fingerprint density at radius 3 is 2.22 bits per heavy atom. The van der Waals surface area contributed by atoms with Crippen LogP contribution in [0.2, 0.25) is 0 Å². The Labute approximate surface area is 179 Å². The smallest absolute Gasteiger partial charge is 0.376 e. The number of carbonyl (C=O) groups excluding carboxylic acids is 1. The Balaban J connectivity index is 1.74. The van der Waals surface area contributed by atoms with Crippen molar-refractivity contribution in [2.75, 3.05) is 0 Å². The van der Waals surface area contributed by atoms with E-state index in [1.165, 1.54) is 18.2 Å². The highest BCUT2D eigenvalue weighted by molar-refractivity contribution is 5.99. The van der Waals surface area contributed by atoms with Crippen molar-refractivity contribution in [3.05, 3.63) is 82.2 Å². The lowest BCUT2D eigenvalue weighted by Gasteiger charge is -2.26. The number of nitrogens with zero attached hydrogens (tertiary/aromatic N) is 2. The van der Waals surface area contributed by atoms with Crippen molar-refractivity contribution in [2.24, 2.45) is 0 Å². The Hall–Kier alpha value is -3.40. The summed E-state index contributed by atoms with van der Waals surface area (Å²) >= 11 is 0. The number of rotatable bonds is 4. The lowest BCUT2D eigenvalue weighted by atomic mass is 9.93. The van der Waals surface area contributed by atoms with Crippen molar-refractivity contribution in [2.45, 2.75) is 31.7 Å². The average molecular weight is 449 g/mol. The van der Waals surface area contributed by atoms with Gasteiger partial charge in [-0.1, -0.05) is 30.3 Å². The predicted molar refractivity (Wildman–Crippen MR) is 103 cm³/mol. The van der Waals surface area contributed by atoms with Crippen LogP contribution in [0.4, 0.5) is 22.0 Å². The third kappa shape index (κ3) is 3.70. The quantitative estimate of drug-likeness (QED) is 0.590. The molecular formula is C22H16F5N3O2. The van der Waals surface area contributed by atoms with Gasteiger partial charge in [0.15, 0.2) is 11.4 Å². The molecule has 0 radical (unpaired) electrons. The number of fused-ring (bicyclic) bond motifs is 1. The van der Waals surface area contributed by atoms with Crippen LogP contribution in [0, 0.1) is 11.6 Å². The summed E-state index contributed by atoms with van der Waals surface area (Å²) in [6.07, 6.45) is -4.87. The zero-order valence-electron chi connectivity index (χ0n) is 16.6. The predicted octanol–water partition coefficient (Wildman–Crippen LogP) is 4.03. The van der Waals surface area contributed by atoms with E-state index in [9.17, 15) is 31.9 Å². The molecule has 4 rings (SSSR count). The molecule has 0 unspecified atom stereocenters. The highest BCUT2D eigenvalue weighted by Crippen LogP contribution is 2.38. The zero-order chi connectivity index (χ0) is 23.3. The zero-order valence-corrected chi connectivity index (χ0v) is 16.6. The van der Waals surface area contributed by atoms with E-state index < -0.39 is 34.9 Å². The Morgan fingerprint density at radius 1 is 1.00 bits per heavy atom. The van der Waals surface area contributed by atoms with E-state index >= 15 is 0 Å². The summed E-state index contributed by atoms with van der Waals surface area (Å²) in [5.74, 6) is -2.42. The molecule has 0 saturated carbocycles. The van der Waals surface area contributed by atoms with Crippen molar-refractivity contribution < 1.29 is 31.9 Å². The van der Waals surface area contributed by atoms with Crippen molar-refractivity contribution in [3.63, 3.8) is 0 Å². The maximum absolute atomic E-state index is 14.3. The van der Waals surface area contributed by atoms with Gasteiger partial charge in [0.05, 0.1) is 29.1 Å². The van der Waals surface area contributed by atoms with Crippen LogP contribution in [0.15, 0.2) is 42.5 Å². The van der Waals surface area contributed by atoms with Crippen LogP contribution in [0.5, 0.6) is 0 Å². The molecule has 2 heterocycles. The molecule has 5 nitrogen and oxygen atoms in total. The van der Waals surface area contributed by atoms with Gasteiger partial charge in [-0.2, -0.15) is 13.2 Å². The maximum Gasteiger partial charge on any atom is 0.421 e. The van der Waals surface area contributed by atoms with E-state index in [1.807, 2.05) is 0 Å². The van der Waals surface area contributed by atoms with Gasteiger partial charge in [-0.15, -0.1) is 0 Å².